The van der Waals surface area contributed by atoms with Crippen LogP contribution in [0, 0.1) is 18.8 Å². The molecule has 0 saturated carbocycles. The zero-order valence-electron chi connectivity index (χ0n) is 12.0. The number of carbonyl (C=O) groups excluding carboxylic acids is 1. The SMILES string of the molecule is Cc1ccc(Cl)c(NC(=O)N2C[C@@H](C(F)(F)F)[C@H](C(=O)O)C2)c1. The number of amides is 2. The number of aryl methyl sites for hydroxylation is 1. The van der Waals surface area contributed by atoms with Crippen molar-refractivity contribution in [1.82, 2.24) is 4.90 Å². The van der Waals surface area contributed by atoms with Crippen molar-refractivity contribution in [3.05, 3.63) is 28.8 Å². The number of halogens is 4. The fourth-order valence-corrected chi connectivity index (χ4v) is 2.65. The van der Waals surface area contributed by atoms with E-state index in [2.05, 4.69) is 5.32 Å². The highest BCUT2D eigenvalue weighted by Crippen LogP contribution is 2.38. The van der Waals surface area contributed by atoms with Gasteiger partial charge in [-0.25, -0.2) is 4.79 Å². The first kappa shape index (κ1) is 17.4. The molecule has 0 aromatic heterocycles. The summed E-state index contributed by atoms with van der Waals surface area (Å²) in [7, 11) is 0. The monoisotopic (exact) mass is 350 g/mol. The van der Waals surface area contributed by atoms with Crippen LogP contribution in [0.3, 0.4) is 0 Å². The van der Waals surface area contributed by atoms with Gasteiger partial charge in [-0.3, -0.25) is 4.79 Å². The second-order valence-electron chi connectivity index (χ2n) is 5.41. The molecule has 0 aliphatic carbocycles. The highest BCUT2D eigenvalue weighted by atomic mass is 35.5. The summed E-state index contributed by atoms with van der Waals surface area (Å²) in [5.41, 5.74) is 1.07. The number of nitrogens with zero attached hydrogens (tertiary/aromatic N) is 1. The zero-order chi connectivity index (χ0) is 17.4. The van der Waals surface area contributed by atoms with E-state index in [0.717, 1.165) is 10.5 Å². The average molecular weight is 351 g/mol. The van der Waals surface area contributed by atoms with Gasteiger partial charge in [0.15, 0.2) is 0 Å². The average Bonchev–Trinajstić information content (AvgIpc) is 2.88. The van der Waals surface area contributed by atoms with E-state index in [9.17, 15) is 22.8 Å². The predicted octanol–water partition coefficient (Wildman–Crippen LogP) is 3.38. The minimum absolute atomic E-state index is 0.241. The van der Waals surface area contributed by atoms with Crippen molar-refractivity contribution in [1.29, 1.82) is 0 Å². The molecular weight excluding hydrogens is 337 g/mol. The number of nitrogens with one attached hydrogen (secondary N) is 1. The van der Waals surface area contributed by atoms with Gasteiger partial charge < -0.3 is 15.3 Å². The standard InChI is InChI=1S/C14H14ClF3N2O3/c1-7-2-3-10(15)11(4-7)19-13(23)20-5-8(12(21)22)9(6-20)14(16,17)18/h2-4,8-9H,5-6H2,1H3,(H,19,23)(H,21,22)/t8-,9-/m1/s1. The second-order valence-corrected chi connectivity index (χ2v) is 5.82. The number of urea groups is 1. The van der Waals surface area contributed by atoms with E-state index in [0.29, 0.717) is 0 Å². The van der Waals surface area contributed by atoms with E-state index in [1.165, 1.54) is 0 Å². The smallest absolute Gasteiger partial charge is 0.394 e. The zero-order valence-corrected chi connectivity index (χ0v) is 12.8. The molecular formula is C14H14ClF3N2O3. The number of likely N-dealkylation sites (tertiary alicyclic amines) is 1. The van der Waals surface area contributed by atoms with E-state index >= 15 is 0 Å². The van der Waals surface area contributed by atoms with Crippen molar-refractivity contribution < 1.29 is 27.9 Å². The molecule has 5 nitrogen and oxygen atoms in total. The van der Waals surface area contributed by atoms with E-state index in [4.69, 9.17) is 16.7 Å². The fourth-order valence-electron chi connectivity index (χ4n) is 2.48. The van der Waals surface area contributed by atoms with Crippen molar-refractivity contribution >= 4 is 29.3 Å². The van der Waals surface area contributed by atoms with Gasteiger partial charge >= 0.3 is 18.2 Å². The van der Waals surface area contributed by atoms with E-state index in [1.54, 1.807) is 25.1 Å². The summed E-state index contributed by atoms with van der Waals surface area (Å²) < 4.78 is 38.7. The third-order valence-electron chi connectivity index (χ3n) is 3.71. The first-order valence-electron chi connectivity index (χ1n) is 6.71. The lowest BCUT2D eigenvalue weighted by molar-refractivity contribution is -0.187. The maximum atomic E-state index is 12.9. The molecule has 2 rings (SSSR count). The quantitative estimate of drug-likeness (QED) is 0.859. The minimum atomic E-state index is -4.68. The Bertz CT molecular complexity index is 636. The molecule has 23 heavy (non-hydrogen) atoms. The first-order chi connectivity index (χ1) is 10.6. The summed E-state index contributed by atoms with van der Waals surface area (Å²) in [5, 5.41) is 11.6. The molecule has 126 valence electrons. The molecule has 1 saturated heterocycles. The predicted molar refractivity (Wildman–Crippen MR) is 77.5 cm³/mol. The number of alkyl halides is 3. The van der Waals surface area contributed by atoms with E-state index < -0.39 is 43.1 Å². The number of rotatable bonds is 2. The highest BCUT2D eigenvalue weighted by molar-refractivity contribution is 6.33. The lowest BCUT2D eigenvalue weighted by atomic mass is 9.96. The van der Waals surface area contributed by atoms with E-state index in [1.807, 2.05) is 0 Å². The largest absolute Gasteiger partial charge is 0.481 e. The van der Waals surface area contributed by atoms with Crippen LogP contribution >= 0.6 is 11.6 Å². The molecule has 1 aromatic rings. The minimum Gasteiger partial charge on any atom is -0.481 e. The number of carbonyl (C=O) groups is 2. The molecule has 0 spiro atoms. The van der Waals surface area contributed by atoms with Gasteiger partial charge in [-0.2, -0.15) is 13.2 Å². The number of aliphatic carboxylic acids is 1. The first-order valence-corrected chi connectivity index (χ1v) is 7.09. The molecule has 1 fully saturated rings. The molecule has 1 aliphatic rings. The molecule has 0 bridgehead atoms. The van der Waals surface area contributed by atoms with Gasteiger partial charge in [-0.1, -0.05) is 17.7 Å². The summed E-state index contributed by atoms with van der Waals surface area (Å²) >= 11 is 5.92. The van der Waals surface area contributed by atoms with Crippen molar-refractivity contribution in [3.63, 3.8) is 0 Å². The van der Waals surface area contributed by atoms with Crippen LogP contribution in [-0.2, 0) is 4.79 Å². The summed E-state index contributed by atoms with van der Waals surface area (Å²) in [6, 6.07) is 4.03. The van der Waals surface area contributed by atoms with Crippen molar-refractivity contribution in [2.45, 2.75) is 13.1 Å². The Labute approximate surface area is 135 Å². The van der Waals surface area contributed by atoms with Crippen molar-refractivity contribution in [3.8, 4) is 0 Å². The van der Waals surface area contributed by atoms with Gasteiger partial charge in [0.25, 0.3) is 0 Å². The molecule has 0 unspecified atom stereocenters. The van der Waals surface area contributed by atoms with Crippen LogP contribution in [0.2, 0.25) is 5.02 Å². The summed E-state index contributed by atoms with van der Waals surface area (Å²) in [5.74, 6) is -5.33. The molecule has 2 N–H and O–H groups in total. The molecule has 9 heteroatoms. The Morgan fingerprint density at radius 3 is 2.52 bits per heavy atom. The van der Waals surface area contributed by atoms with Gasteiger partial charge in [0, 0.05) is 13.1 Å². The normalized spacial score (nSPS) is 21.3. The number of carboxylic acid groups (broad SMARTS) is 1. The van der Waals surface area contributed by atoms with Crippen molar-refractivity contribution in [2.75, 3.05) is 18.4 Å². The van der Waals surface area contributed by atoms with E-state index in [-0.39, 0.29) is 10.7 Å². The van der Waals surface area contributed by atoms with Gasteiger partial charge in [0.05, 0.1) is 22.5 Å². The van der Waals surface area contributed by atoms with Crippen LogP contribution < -0.4 is 5.32 Å². The summed E-state index contributed by atoms with van der Waals surface area (Å²) in [6.45, 7) is 0.562. The Kier molecular flexibility index (Phi) is 4.74. The summed E-state index contributed by atoms with van der Waals surface area (Å²) in [4.78, 5) is 24.0. The van der Waals surface area contributed by atoms with Gasteiger partial charge in [0.2, 0.25) is 0 Å². The van der Waals surface area contributed by atoms with Crippen molar-refractivity contribution in [2.24, 2.45) is 11.8 Å². The molecule has 2 atom stereocenters. The van der Waals surface area contributed by atoms with Gasteiger partial charge in [-0.15, -0.1) is 0 Å². The fraction of sp³-hybridized carbons (Fsp3) is 0.429. The molecule has 1 aliphatic heterocycles. The molecule has 1 aromatic carbocycles. The lowest BCUT2D eigenvalue weighted by Crippen LogP contribution is -2.35. The van der Waals surface area contributed by atoms with Crippen LogP contribution in [0.1, 0.15) is 5.56 Å². The number of hydrogen-bond acceptors (Lipinski definition) is 2. The van der Waals surface area contributed by atoms with Crippen LogP contribution in [0.15, 0.2) is 18.2 Å². The van der Waals surface area contributed by atoms with Gasteiger partial charge in [-0.05, 0) is 24.6 Å². The molecule has 1 heterocycles. The maximum absolute atomic E-state index is 12.9. The highest BCUT2D eigenvalue weighted by Gasteiger charge is 2.53. The third-order valence-corrected chi connectivity index (χ3v) is 4.04. The van der Waals surface area contributed by atoms with Crippen LogP contribution in [0.4, 0.5) is 23.7 Å². The van der Waals surface area contributed by atoms with Gasteiger partial charge in [0.1, 0.15) is 0 Å². The van der Waals surface area contributed by atoms with Crippen LogP contribution in [0.5, 0.6) is 0 Å². The Hall–Kier alpha value is -1.96. The lowest BCUT2D eigenvalue weighted by Gasteiger charge is -2.19. The molecule has 2 amide bonds. The Morgan fingerprint density at radius 1 is 1.35 bits per heavy atom. The molecule has 0 radical (unpaired) electrons. The number of anilines is 1. The summed E-state index contributed by atoms with van der Waals surface area (Å²) in [6.07, 6.45) is -4.68. The van der Waals surface area contributed by atoms with Crippen LogP contribution in [0.25, 0.3) is 0 Å². The number of benzene rings is 1. The second kappa shape index (κ2) is 6.27. The maximum Gasteiger partial charge on any atom is 0.394 e. The Morgan fingerprint density at radius 2 is 2.00 bits per heavy atom. The topological polar surface area (TPSA) is 69.6 Å². The number of hydrogen-bond donors (Lipinski definition) is 2. The third kappa shape index (κ3) is 3.87. The van der Waals surface area contributed by atoms with Crippen LogP contribution in [-0.4, -0.2) is 41.3 Å². The Balaban J connectivity index is 2.14. The number of carboxylic acids is 1.